The average molecular weight is 301 g/mol. The largest absolute Gasteiger partial charge is 0.381 e. The molecule has 1 saturated carbocycles. The van der Waals surface area contributed by atoms with E-state index in [9.17, 15) is 0 Å². The highest BCUT2D eigenvalue weighted by atomic mass is 16.5. The topological polar surface area (TPSA) is 68.6 Å². The molecule has 2 aromatic rings. The zero-order valence-corrected chi connectivity index (χ0v) is 12.9. The summed E-state index contributed by atoms with van der Waals surface area (Å²) in [6.45, 7) is 2.54. The van der Waals surface area contributed by atoms with E-state index in [2.05, 4.69) is 14.9 Å². The molecule has 0 spiro atoms. The van der Waals surface area contributed by atoms with E-state index >= 15 is 0 Å². The van der Waals surface area contributed by atoms with Gasteiger partial charge in [-0.2, -0.15) is 10.2 Å². The van der Waals surface area contributed by atoms with Gasteiger partial charge < -0.3 is 4.74 Å². The van der Waals surface area contributed by atoms with E-state index in [1.165, 1.54) is 32.1 Å². The fourth-order valence-corrected chi connectivity index (χ4v) is 3.60. The van der Waals surface area contributed by atoms with E-state index in [1.807, 2.05) is 12.4 Å². The van der Waals surface area contributed by atoms with Crippen molar-refractivity contribution < 1.29 is 4.74 Å². The molecule has 6 heteroatoms. The van der Waals surface area contributed by atoms with Crippen molar-refractivity contribution in [3.05, 3.63) is 18.2 Å². The molecule has 1 aliphatic heterocycles. The molecule has 1 atom stereocenters. The molecule has 0 unspecified atom stereocenters. The van der Waals surface area contributed by atoms with E-state index < -0.39 is 0 Å². The number of nitrogens with one attached hydrogen (secondary N) is 1. The minimum absolute atomic E-state index is 0.346. The van der Waals surface area contributed by atoms with Gasteiger partial charge in [0.05, 0.1) is 18.4 Å². The second kappa shape index (κ2) is 6.20. The van der Waals surface area contributed by atoms with Gasteiger partial charge >= 0.3 is 0 Å². The van der Waals surface area contributed by atoms with Crippen molar-refractivity contribution in [2.75, 3.05) is 13.2 Å². The van der Waals surface area contributed by atoms with Crippen molar-refractivity contribution in [3.8, 4) is 11.4 Å². The van der Waals surface area contributed by atoms with Crippen molar-refractivity contribution in [2.24, 2.45) is 5.92 Å². The third-order valence-electron chi connectivity index (χ3n) is 4.90. The number of H-pyrrole nitrogens is 1. The number of hydrogen-bond acceptors (Lipinski definition) is 4. The Kier molecular flexibility index (Phi) is 3.93. The minimum Gasteiger partial charge on any atom is -0.381 e. The van der Waals surface area contributed by atoms with E-state index in [1.54, 1.807) is 0 Å². The molecule has 0 aromatic carbocycles. The Morgan fingerprint density at radius 2 is 2.14 bits per heavy atom. The quantitative estimate of drug-likeness (QED) is 0.942. The lowest BCUT2D eigenvalue weighted by molar-refractivity contribution is 0.193. The van der Waals surface area contributed by atoms with Crippen LogP contribution in [0.25, 0.3) is 11.4 Å². The van der Waals surface area contributed by atoms with Crippen molar-refractivity contribution >= 4 is 0 Å². The fraction of sp³-hybridized carbons (Fsp3) is 0.688. The van der Waals surface area contributed by atoms with Crippen molar-refractivity contribution in [1.82, 2.24) is 25.0 Å². The molecular weight excluding hydrogens is 278 g/mol. The minimum atomic E-state index is 0.346. The van der Waals surface area contributed by atoms with Gasteiger partial charge in [0.2, 0.25) is 0 Å². The molecule has 3 heterocycles. The Hall–Kier alpha value is -1.69. The molecule has 2 aliphatic rings. The summed E-state index contributed by atoms with van der Waals surface area (Å²) in [5.74, 6) is 2.96. The average Bonchev–Trinajstić information content (AvgIpc) is 3.29. The van der Waals surface area contributed by atoms with Crippen LogP contribution in [-0.4, -0.2) is 38.2 Å². The Morgan fingerprint density at radius 3 is 2.86 bits per heavy atom. The summed E-state index contributed by atoms with van der Waals surface area (Å²) in [4.78, 5) is 4.81. The molecule has 0 radical (unpaired) electrons. The zero-order valence-electron chi connectivity index (χ0n) is 12.9. The van der Waals surface area contributed by atoms with Crippen LogP contribution in [0.4, 0.5) is 0 Å². The summed E-state index contributed by atoms with van der Waals surface area (Å²) >= 11 is 0. The lowest BCUT2D eigenvalue weighted by Gasteiger charge is -2.21. The lowest BCUT2D eigenvalue weighted by Crippen LogP contribution is -2.16. The number of aromatic nitrogens is 5. The van der Waals surface area contributed by atoms with Crippen LogP contribution in [0.15, 0.2) is 12.4 Å². The molecule has 2 aromatic heterocycles. The van der Waals surface area contributed by atoms with Gasteiger partial charge in [-0.05, 0) is 25.2 Å². The summed E-state index contributed by atoms with van der Waals surface area (Å²) in [6, 6.07) is 0. The van der Waals surface area contributed by atoms with E-state index in [4.69, 9.17) is 14.8 Å². The molecule has 1 aliphatic carbocycles. The number of rotatable bonds is 4. The maximum atomic E-state index is 5.49. The molecule has 1 saturated heterocycles. The van der Waals surface area contributed by atoms with Crippen LogP contribution >= 0.6 is 0 Å². The molecule has 4 rings (SSSR count). The standard InChI is InChI=1S/C16H23N5O/c1-2-4-12(5-3-1)10-21-16(14-8-17-18-9-14)19-15(20-21)13-6-7-22-11-13/h8-9,12-13H,1-7,10-11H2,(H,17,18)/t13-/m1/s1. The lowest BCUT2D eigenvalue weighted by atomic mass is 9.89. The van der Waals surface area contributed by atoms with Gasteiger partial charge in [0.1, 0.15) is 0 Å². The normalized spacial score (nSPS) is 23.2. The summed E-state index contributed by atoms with van der Waals surface area (Å²) in [5, 5.41) is 11.8. The fourth-order valence-electron chi connectivity index (χ4n) is 3.60. The number of ether oxygens (including phenoxy) is 1. The monoisotopic (exact) mass is 301 g/mol. The molecule has 22 heavy (non-hydrogen) atoms. The first-order valence-corrected chi connectivity index (χ1v) is 8.42. The van der Waals surface area contributed by atoms with Gasteiger partial charge in [0.15, 0.2) is 11.6 Å². The number of hydrogen-bond donors (Lipinski definition) is 1. The van der Waals surface area contributed by atoms with Gasteiger partial charge in [-0.15, -0.1) is 0 Å². The highest BCUT2D eigenvalue weighted by molar-refractivity contribution is 5.52. The smallest absolute Gasteiger partial charge is 0.161 e. The highest BCUT2D eigenvalue weighted by Crippen LogP contribution is 2.29. The van der Waals surface area contributed by atoms with Crippen LogP contribution in [0.2, 0.25) is 0 Å². The first kappa shape index (κ1) is 13.9. The maximum Gasteiger partial charge on any atom is 0.161 e. The van der Waals surface area contributed by atoms with Crippen molar-refractivity contribution in [1.29, 1.82) is 0 Å². The van der Waals surface area contributed by atoms with Crippen molar-refractivity contribution in [3.63, 3.8) is 0 Å². The third-order valence-corrected chi connectivity index (χ3v) is 4.90. The molecule has 1 N–H and O–H groups in total. The molecular formula is C16H23N5O. The van der Waals surface area contributed by atoms with E-state index in [-0.39, 0.29) is 0 Å². The van der Waals surface area contributed by atoms with Gasteiger partial charge in [-0.1, -0.05) is 19.3 Å². The highest BCUT2D eigenvalue weighted by Gasteiger charge is 2.25. The summed E-state index contributed by atoms with van der Waals surface area (Å²) in [5.41, 5.74) is 1.02. The molecule has 0 bridgehead atoms. The van der Waals surface area contributed by atoms with Crippen LogP contribution in [0, 0.1) is 5.92 Å². The van der Waals surface area contributed by atoms with Crippen molar-refractivity contribution in [2.45, 2.75) is 51.0 Å². The van der Waals surface area contributed by atoms with Crippen LogP contribution in [0.1, 0.15) is 50.3 Å². The second-order valence-corrected chi connectivity index (χ2v) is 6.53. The van der Waals surface area contributed by atoms with Gasteiger partial charge in [-0.25, -0.2) is 9.67 Å². The van der Waals surface area contributed by atoms with Crippen LogP contribution in [0.5, 0.6) is 0 Å². The molecule has 2 fully saturated rings. The summed E-state index contributed by atoms with van der Waals surface area (Å²) in [6.07, 6.45) is 11.5. The first-order valence-electron chi connectivity index (χ1n) is 8.42. The first-order chi connectivity index (χ1) is 10.9. The molecule has 0 amide bonds. The van der Waals surface area contributed by atoms with E-state index in [0.717, 1.165) is 49.3 Å². The van der Waals surface area contributed by atoms with Crippen LogP contribution < -0.4 is 0 Å². The second-order valence-electron chi connectivity index (χ2n) is 6.53. The Balaban J connectivity index is 1.62. The molecule has 6 nitrogen and oxygen atoms in total. The van der Waals surface area contributed by atoms with Gasteiger partial charge in [0.25, 0.3) is 0 Å². The predicted octanol–water partition coefficient (Wildman–Crippen LogP) is 2.75. The SMILES string of the molecule is c1n[nH]cc1-c1nc([C@@H]2CCOC2)nn1CC1CCCCC1. The van der Waals surface area contributed by atoms with Gasteiger partial charge in [-0.3, -0.25) is 5.10 Å². The number of aromatic amines is 1. The van der Waals surface area contributed by atoms with Crippen LogP contribution in [-0.2, 0) is 11.3 Å². The Morgan fingerprint density at radius 1 is 1.23 bits per heavy atom. The number of nitrogens with zero attached hydrogens (tertiary/aromatic N) is 4. The maximum absolute atomic E-state index is 5.49. The van der Waals surface area contributed by atoms with Gasteiger partial charge in [0, 0.05) is 25.3 Å². The predicted molar refractivity (Wildman–Crippen MR) is 82.4 cm³/mol. The Labute approximate surface area is 130 Å². The summed E-state index contributed by atoms with van der Waals surface area (Å²) in [7, 11) is 0. The zero-order chi connectivity index (χ0) is 14.8. The van der Waals surface area contributed by atoms with E-state index in [0.29, 0.717) is 5.92 Å². The third kappa shape index (κ3) is 2.79. The molecule has 118 valence electrons. The van der Waals surface area contributed by atoms with Crippen LogP contribution in [0.3, 0.4) is 0 Å². The summed E-state index contributed by atoms with van der Waals surface area (Å²) < 4.78 is 7.60. The Bertz CT molecular complexity index is 594.